The van der Waals surface area contributed by atoms with Crippen LogP contribution in [0.15, 0.2) is 22.2 Å². The standard InChI is InChI=1S/C16H20N10O8/c17-14-21-10-5(12(32)23-14)25(2-19-10)16(34,9(31)8(30)7(29)4(28)1-27)26-3-20-11-6(26)13(33)24-15(18)22-11/h2-4,7-9,27-31,34H,1H2,(H3,17,21,23,32)(H3,18,22,24,33)/t4-,7+,8+,9-/m1/s1. The Morgan fingerprint density at radius 1 is 0.882 bits per heavy atom. The van der Waals surface area contributed by atoms with Gasteiger partial charge in [0, 0.05) is 0 Å². The first-order valence-corrected chi connectivity index (χ1v) is 9.52. The highest BCUT2D eigenvalue weighted by molar-refractivity contribution is 5.73. The van der Waals surface area contributed by atoms with Crippen LogP contribution in [0.3, 0.4) is 0 Å². The van der Waals surface area contributed by atoms with E-state index in [2.05, 4.69) is 29.9 Å². The number of nitrogens with zero attached hydrogens (tertiary/aromatic N) is 6. The molecule has 4 rings (SSSR count). The number of nitrogen functional groups attached to an aromatic ring is 2. The predicted molar refractivity (Wildman–Crippen MR) is 112 cm³/mol. The third-order valence-corrected chi connectivity index (χ3v) is 5.22. The second-order valence-electron chi connectivity index (χ2n) is 7.34. The second kappa shape index (κ2) is 8.13. The minimum Gasteiger partial charge on any atom is -0.394 e. The van der Waals surface area contributed by atoms with Crippen LogP contribution in [0.2, 0.25) is 0 Å². The first kappa shape index (κ1) is 23.2. The van der Waals surface area contributed by atoms with Crippen LogP contribution in [0.25, 0.3) is 22.3 Å². The van der Waals surface area contributed by atoms with Crippen molar-refractivity contribution in [2.45, 2.75) is 30.3 Å². The first-order chi connectivity index (χ1) is 16.0. The number of fused-ring (bicyclic) bond motifs is 2. The number of aliphatic hydroxyl groups is 6. The third kappa shape index (κ3) is 3.37. The largest absolute Gasteiger partial charge is 0.394 e. The Kier molecular flexibility index (Phi) is 5.55. The maximum absolute atomic E-state index is 12.6. The summed E-state index contributed by atoms with van der Waals surface area (Å²) in [4.78, 5) is 45.0. The van der Waals surface area contributed by atoms with Crippen molar-refractivity contribution in [1.82, 2.24) is 39.0 Å². The average Bonchev–Trinajstić information content (AvgIpc) is 3.41. The van der Waals surface area contributed by atoms with Crippen LogP contribution >= 0.6 is 0 Å². The van der Waals surface area contributed by atoms with E-state index in [0.29, 0.717) is 9.13 Å². The number of H-pyrrole nitrogens is 2. The zero-order valence-electron chi connectivity index (χ0n) is 17.0. The molecule has 4 aromatic rings. The summed E-state index contributed by atoms with van der Waals surface area (Å²) in [6.07, 6.45) is -7.27. The van der Waals surface area contributed by atoms with Crippen LogP contribution in [-0.2, 0) is 5.85 Å². The molecule has 0 aliphatic carbocycles. The number of hydrogen-bond donors (Lipinski definition) is 10. The number of nitrogens with two attached hydrogens (primary N) is 2. The van der Waals surface area contributed by atoms with E-state index in [1.54, 1.807) is 0 Å². The smallest absolute Gasteiger partial charge is 0.278 e. The van der Waals surface area contributed by atoms with Crippen molar-refractivity contribution in [2.24, 2.45) is 0 Å². The fraction of sp³-hybridized carbons (Fsp3) is 0.375. The van der Waals surface area contributed by atoms with Gasteiger partial charge in [0.2, 0.25) is 11.9 Å². The Morgan fingerprint density at radius 2 is 1.32 bits per heavy atom. The van der Waals surface area contributed by atoms with Gasteiger partial charge in [0.25, 0.3) is 17.0 Å². The van der Waals surface area contributed by atoms with Gasteiger partial charge < -0.3 is 42.1 Å². The summed E-state index contributed by atoms with van der Waals surface area (Å²) in [6, 6.07) is 0. The number of aliphatic hydroxyl groups excluding tert-OH is 5. The summed E-state index contributed by atoms with van der Waals surface area (Å²) in [6.45, 7) is -1.00. The quantitative estimate of drug-likeness (QED) is 0.118. The minimum atomic E-state index is -3.02. The van der Waals surface area contributed by atoms with Crippen LogP contribution in [-0.4, -0.2) is 101 Å². The molecule has 0 amide bonds. The van der Waals surface area contributed by atoms with E-state index in [9.17, 15) is 35.1 Å². The molecule has 18 heteroatoms. The highest BCUT2D eigenvalue weighted by Gasteiger charge is 2.49. The molecule has 34 heavy (non-hydrogen) atoms. The fourth-order valence-corrected chi connectivity index (χ4v) is 3.55. The monoisotopic (exact) mass is 480 g/mol. The molecule has 0 saturated heterocycles. The van der Waals surface area contributed by atoms with Crippen LogP contribution in [0.1, 0.15) is 0 Å². The van der Waals surface area contributed by atoms with Gasteiger partial charge in [-0.1, -0.05) is 0 Å². The van der Waals surface area contributed by atoms with E-state index in [1.807, 2.05) is 0 Å². The second-order valence-corrected chi connectivity index (χ2v) is 7.34. The maximum atomic E-state index is 12.6. The maximum Gasteiger partial charge on any atom is 0.278 e. The molecule has 4 atom stereocenters. The van der Waals surface area contributed by atoms with Gasteiger partial charge >= 0.3 is 0 Å². The average molecular weight is 480 g/mol. The Hall–Kier alpha value is -3.94. The molecule has 18 nitrogen and oxygen atoms in total. The highest BCUT2D eigenvalue weighted by atomic mass is 16.4. The summed E-state index contributed by atoms with van der Waals surface area (Å²) < 4.78 is 1.30. The van der Waals surface area contributed by atoms with Crippen molar-refractivity contribution in [1.29, 1.82) is 0 Å². The SMILES string of the molecule is Nc1nc2ncn(C(O)([C@H](O)[C@@H](O)[C@@H](O)[C@H](O)CO)n3cnc4nc(N)[nH]c(=O)c43)c2c(=O)[nH]1. The molecular formula is C16H20N10O8. The van der Waals surface area contributed by atoms with Gasteiger partial charge in [-0.2, -0.15) is 9.97 Å². The number of aromatic amines is 2. The summed E-state index contributed by atoms with van der Waals surface area (Å²) in [5, 5.41) is 62.4. The van der Waals surface area contributed by atoms with Crippen molar-refractivity contribution >= 4 is 34.2 Å². The molecule has 0 saturated carbocycles. The lowest BCUT2D eigenvalue weighted by Crippen LogP contribution is -2.60. The Bertz CT molecular complexity index is 1380. The van der Waals surface area contributed by atoms with E-state index in [1.165, 1.54) is 0 Å². The summed E-state index contributed by atoms with van der Waals surface area (Å²) in [7, 11) is 0. The molecule has 0 aliphatic heterocycles. The van der Waals surface area contributed by atoms with Gasteiger partial charge in [-0.3, -0.25) is 28.7 Å². The lowest BCUT2D eigenvalue weighted by atomic mass is 9.99. The summed E-state index contributed by atoms with van der Waals surface area (Å²) in [5.74, 6) is -3.63. The van der Waals surface area contributed by atoms with Crippen LogP contribution in [0.4, 0.5) is 11.9 Å². The normalized spacial score (nSPS) is 16.1. The van der Waals surface area contributed by atoms with E-state index < -0.39 is 59.0 Å². The van der Waals surface area contributed by atoms with Crippen molar-refractivity contribution in [3.8, 4) is 0 Å². The fourth-order valence-electron chi connectivity index (χ4n) is 3.55. The van der Waals surface area contributed by atoms with Gasteiger partial charge in [0.1, 0.15) is 31.0 Å². The number of hydrogen-bond acceptors (Lipinski definition) is 14. The van der Waals surface area contributed by atoms with Crippen molar-refractivity contribution in [2.75, 3.05) is 18.1 Å². The molecule has 0 spiro atoms. The summed E-state index contributed by atoms with van der Waals surface area (Å²) >= 11 is 0. The number of imidazole rings is 2. The van der Waals surface area contributed by atoms with Crippen molar-refractivity contribution in [3.05, 3.63) is 33.4 Å². The molecule has 4 aromatic heterocycles. The minimum absolute atomic E-state index is 0.280. The Balaban J connectivity index is 2.05. The Labute approximate surface area is 186 Å². The van der Waals surface area contributed by atoms with Gasteiger partial charge in [-0.05, 0) is 0 Å². The molecule has 0 aliphatic rings. The molecular weight excluding hydrogens is 460 g/mol. The molecule has 0 bridgehead atoms. The molecule has 4 heterocycles. The van der Waals surface area contributed by atoms with E-state index in [4.69, 9.17) is 16.6 Å². The number of rotatable bonds is 7. The predicted octanol–water partition coefficient (Wildman–Crippen LogP) is -5.70. The zero-order valence-corrected chi connectivity index (χ0v) is 17.0. The number of anilines is 2. The van der Waals surface area contributed by atoms with E-state index >= 15 is 0 Å². The first-order valence-electron chi connectivity index (χ1n) is 9.52. The Morgan fingerprint density at radius 3 is 1.74 bits per heavy atom. The topological polar surface area (TPSA) is 301 Å². The molecule has 0 fully saturated rings. The van der Waals surface area contributed by atoms with Crippen LogP contribution < -0.4 is 22.6 Å². The zero-order chi connectivity index (χ0) is 24.9. The van der Waals surface area contributed by atoms with Gasteiger partial charge in [0.05, 0.1) is 6.61 Å². The van der Waals surface area contributed by atoms with Gasteiger partial charge in [-0.15, -0.1) is 0 Å². The molecule has 0 radical (unpaired) electrons. The molecule has 12 N–H and O–H groups in total. The molecule has 0 aromatic carbocycles. The van der Waals surface area contributed by atoms with Gasteiger partial charge in [0.15, 0.2) is 28.4 Å². The molecule has 0 unspecified atom stereocenters. The molecule has 182 valence electrons. The van der Waals surface area contributed by atoms with Crippen molar-refractivity contribution < 1.29 is 30.6 Å². The highest BCUT2D eigenvalue weighted by Crippen LogP contribution is 2.29. The van der Waals surface area contributed by atoms with E-state index in [-0.39, 0.29) is 23.2 Å². The van der Waals surface area contributed by atoms with Crippen molar-refractivity contribution in [3.63, 3.8) is 0 Å². The van der Waals surface area contributed by atoms with Crippen LogP contribution in [0, 0.1) is 0 Å². The number of nitrogens with one attached hydrogen (secondary N) is 2. The van der Waals surface area contributed by atoms with Gasteiger partial charge in [-0.25, -0.2) is 9.97 Å². The van der Waals surface area contributed by atoms with Crippen LogP contribution in [0.5, 0.6) is 0 Å². The lowest BCUT2D eigenvalue weighted by Gasteiger charge is -2.39. The third-order valence-electron chi connectivity index (χ3n) is 5.22. The number of aromatic nitrogens is 8. The summed E-state index contributed by atoms with van der Waals surface area (Å²) in [5.41, 5.74) is 7.71. The van der Waals surface area contributed by atoms with E-state index in [0.717, 1.165) is 12.7 Å². The lowest BCUT2D eigenvalue weighted by molar-refractivity contribution is -0.214.